The van der Waals surface area contributed by atoms with E-state index in [-0.39, 0.29) is 0 Å². The summed E-state index contributed by atoms with van der Waals surface area (Å²) in [6, 6.07) is 15.9. The fourth-order valence-electron chi connectivity index (χ4n) is 2.29. The maximum atomic E-state index is 5.42. The van der Waals surface area contributed by atoms with Crippen molar-refractivity contribution in [1.29, 1.82) is 0 Å². The van der Waals surface area contributed by atoms with Gasteiger partial charge in [0, 0.05) is 12.4 Å². The Hall–Kier alpha value is -1.54. The minimum atomic E-state index is 0.872. The van der Waals surface area contributed by atoms with Gasteiger partial charge in [-0.1, -0.05) is 101 Å². The van der Waals surface area contributed by atoms with E-state index in [2.05, 4.69) is 11.9 Å². The standard InChI is InChI=1S/C12H27N.C6H6.C4H5N/c1-2-3-4-5-6-7-8-9-10-11-12-13;1-2-4-6-5-3-1;1-2-4-5-3-1/h2-13H2,1H3;1-6H;1-5H. The van der Waals surface area contributed by atoms with E-state index in [0.29, 0.717) is 0 Å². The van der Waals surface area contributed by atoms with Gasteiger partial charge in [0.15, 0.2) is 0 Å². The molecule has 136 valence electrons. The second-order valence-corrected chi connectivity index (χ2v) is 6.01. The summed E-state index contributed by atoms with van der Waals surface area (Å²) >= 11 is 0. The molecule has 2 heteroatoms. The molecular weight excluding hydrogens is 292 g/mol. The van der Waals surface area contributed by atoms with Gasteiger partial charge in [-0.2, -0.15) is 0 Å². The maximum absolute atomic E-state index is 5.42. The molecule has 0 fully saturated rings. The second-order valence-electron chi connectivity index (χ2n) is 6.01. The molecule has 0 aliphatic heterocycles. The lowest BCUT2D eigenvalue weighted by molar-refractivity contribution is 0.558. The average molecular weight is 331 g/mol. The van der Waals surface area contributed by atoms with Crippen molar-refractivity contribution in [3.05, 3.63) is 60.9 Å². The summed E-state index contributed by atoms with van der Waals surface area (Å²) in [6.07, 6.45) is 17.7. The van der Waals surface area contributed by atoms with Gasteiger partial charge in [0.2, 0.25) is 0 Å². The first-order valence-electron chi connectivity index (χ1n) is 9.69. The van der Waals surface area contributed by atoms with E-state index in [0.717, 1.165) is 6.54 Å². The highest BCUT2D eigenvalue weighted by atomic mass is 14.6. The van der Waals surface area contributed by atoms with E-state index < -0.39 is 0 Å². The zero-order valence-electron chi connectivity index (χ0n) is 15.6. The van der Waals surface area contributed by atoms with Gasteiger partial charge in [-0.25, -0.2) is 0 Å². The first kappa shape index (κ1) is 22.5. The van der Waals surface area contributed by atoms with E-state index in [1.807, 2.05) is 60.9 Å². The lowest BCUT2D eigenvalue weighted by atomic mass is 10.1. The van der Waals surface area contributed by atoms with Gasteiger partial charge in [0.1, 0.15) is 0 Å². The van der Waals surface area contributed by atoms with Crippen molar-refractivity contribution >= 4 is 0 Å². The maximum Gasteiger partial charge on any atom is 0.000496 e. The Balaban J connectivity index is 0.000000388. The normalized spacial score (nSPS) is 9.42. The van der Waals surface area contributed by atoms with Crippen molar-refractivity contribution in [2.45, 2.75) is 71.1 Å². The molecule has 0 atom stereocenters. The van der Waals surface area contributed by atoms with Gasteiger partial charge >= 0.3 is 0 Å². The van der Waals surface area contributed by atoms with Crippen LogP contribution in [0.25, 0.3) is 0 Å². The lowest BCUT2D eigenvalue weighted by Gasteiger charge is -2.00. The second kappa shape index (κ2) is 21.5. The Morgan fingerprint density at radius 1 is 0.542 bits per heavy atom. The number of nitrogens with one attached hydrogen (secondary N) is 1. The number of unbranched alkanes of at least 4 members (excludes halogenated alkanes) is 9. The molecule has 0 bridgehead atoms. The number of benzene rings is 1. The van der Waals surface area contributed by atoms with Crippen LogP contribution in [0, 0.1) is 0 Å². The number of aromatic nitrogens is 1. The van der Waals surface area contributed by atoms with Crippen LogP contribution < -0.4 is 5.73 Å². The molecule has 0 amide bonds. The highest BCUT2D eigenvalue weighted by molar-refractivity contribution is 4.99. The van der Waals surface area contributed by atoms with Gasteiger partial charge in [0.05, 0.1) is 0 Å². The molecule has 2 aromatic rings. The van der Waals surface area contributed by atoms with Crippen LogP contribution in [0.5, 0.6) is 0 Å². The Kier molecular flexibility index (Phi) is 20.1. The summed E-state index contributed by atoms with van der Waals surface area (Å²) in [4.78, 5) is 2.86. The van der Waals surface area contributed by atoms with Crippen LogP contribution in [0.2, 0.25) is 0 Å². The number of aromatic amines is 1. The van der Waals surface area contributed by atoms with Gasteiger partial charge in [0.25, 0.3) is 0 Å². The average Bonchev–Trinajstić information content (AvgIpc) is 3.22. The summed E-state index contributed by atoms with van der Waals surface area (Å²) in [5.74, 6) is 0. The number of rotatable bonds is 10. The van der Waals surface area contributed by atoms with E-state index >= 15 is 0 Å². The summed E-state index contributed by atoms with van der Waals surface area (Å²) < 4.78 is 0. The zero-order valence-corrected chi connectivity index (χ0v) is 15.6. The SMILES string of the molecule is CCCCCCCCCCCCN.c1cc[nH]c1.c1ccccc1. The van der Waals surface area contributed by atoms with Crippen LogP contribution in [0.1, 0.15) is 71.1 Å². The fraction of sp³-hybridized carbons (Fsp3) is 0.545. The van der Waals surface area contributed by atoms with Gasteiger partial charge in [-0.15, -0.1) is 0 Å². The molecule has 1 aromatic heterocycles. The van der Waals surface area contributed by atoms with E-state index in [1.54, 1.807) is 0 Å². The van der Waals surface area contributed by atoms with Gasteiger partial charge < -0.3 is 10.7 Å². The Labute approximate surface area is 149 Å². The first-order chi connectivity index (χ1) is 11.9. The number of nitrogens with two attached hydrogens (primary N) is 1. The van der Waals surface area contributed by atoms with Gasteiger partial charge in [-0.3, -0.25) is 0 Å². The van der Waals surface area contributed by atoms with E-state index in [1.165, 1.54) is 64.2 Å². The summed E-state index contributed by atoms with van der Waals surface area (Å²) in [6.45, 7) is 3.14. The molecule has 0 spiro atoms. The molecule has 0 radical (unpaired) electrons. The molecule has 1 aromatic carbocycles. The summed E-state index contributed by atoms with van der Waals surface area (Å²) in [7, 11) is 0. The largest absolute Gasteiger partial charge is 0.368 e. The predicted molar refractivity (Wildman–Crippen MR) is 108 cm³/mol. The topological polar surface area (TPSA) is 41.8 Å². The molecule has 0 saturated heterocycles. The van der Waals surface area contributed by atoms with Gasteiger partial charge in [-0.05, 0) is 25.1 Å². The molecule has 1 heterocycles. The molecule has 24 heavy (non-hydrogen) atoms. The third-order valence-corrected chi connectivity index (χ3v) is 3.72. The van der Waals surface area contributed by atoms with Crippen LogP contribution in [0.3, 0.4) is 0 Å². The van der Waals surface area contributed by atoms with Crippen LogP contribution >= 0.6 is 0 Å². The summed E-state index contributed by atoms with van der Waals surface area (Å²) in [5, 5.41) is 0. The third kappa shape index (κ3) is 20.5. The quantitative estimate of drug-likeness (QED) is 0.475. The molecular formula is C22H38N2. The Morgan fingerprint density at radius 3 is 1.21 bits per heavy atom. The van der Waals surface area contributed by atoms with Crippen molar-refractivity contribution in [3.8, 4) is 0 Å². The smallest absolute Gasteiger partial charge is 0.000496 e. The van der Waals surface area contributed by atoms with Crippen LogP contribution in [0.4, 0.5) is 0 Å². The minimum absolute atomic E-state index is 0.872. The number of hydrogen-bond acceptors (Lipinski definition) is 1. The van der Waals surface area contributed by atoms with Crippen molar-refractivity contribution < 1.29 is 0 Å². The van der Waals surface area contributed by atoms with E-state index in [4.69, 9.17) is 5.73 Å². The third-order valence-electron chi connectivity index (χ3n) is 3.72. The minimum Gasteiger partial charge on any atom is -0.368 e. The number of H-pyrrole nitrogens is 1. The Bertz CT molecular complexity index is 330. The molecule has 0 aliphatic carbocycles. The van der Waals surface area contributed by atoms with Crippen molar-refractivity contribution in [2.75, 3.05) is 6.54 Å². The molecule has 3 N–H and O–H groups in total. The molecule has 0 saturated carbocycles. The summed E-state index contributed by atoms with van der Waals surface area (Å²) in [5.41, 5.74) is 5.42. The highest BCUT2D eigenvalue weighted by Crippen LogP contribution is 2.09. The fourth-order valence-corrected chi connectivity index (χ4v) is 2.29. The number of hydrogen-bond donors (Lipinski definition) is 2. The van der Waals surface area contributed by atoms with E-state index in [9.17, 15) is 0 Å². The monoisotopic (exact) mass is 330 g/mol. The predicted octanol–water partition coefficient (Wildman–Crippen LogP) is 6.57. The molecule has 0 aliphatic rings. The first-order valence-corrected chi connectivity index (χ1v) is 9.69. The highest BCUT2D eigenvalue weighted by Gasteiger charge is 1.91. The zero-order chi connectivity index (χ0) is 17.6. The van der Waals surface area contributed by atoms with Crippen molar-refractivity contribution in [2.24, 2.45) is 5.73 Å². The Morgan fingerprint density at radius 2 is 0.917 bits per heavy atom. The lowest BCUT2D eigenvalue weighted by Crippen LogP contribution is -1.97. The van der Waals surface area contributed by atoms with Crippen molar-refractivity contribution in [1.82, 2.24) is 4.98 Å². The molecule has 2 nitrogen and oxygen atoms in total. The van der Waals surface area contributed by atoms with Crippen LogP contribution in [-0.4, -0.2) is 11.5 Å². The van der Waals surface area contributed by atoms with Crippen molar-refractivity contribution in [3.63, 3.8) is 0 Å². The molecule has 0 unspecified atom stereocenters. The molecule has 2 rings (SSSR count). The van der Waals surface area contributed by atoms with Crippen LogP contribution in [-0.2, 0) is 0 Å². The van der Waals surface area contributed by atoms with Crippen LogP contribution in [0.15, 0.2) is 60.9 Å².